The van der Waals surface area contributed by atoms with Crippen molar-refractivity contribution in [2.24, 2.45) is 10.7 Å². The molecule has 4 amide bonds. The molecule has 3 heterocycles. The van der Waals surface area contributed by atoms with E-state index in [1.165, 1.54) is 34.6 Å². The fourth-order valence-electron chi connectivity index (χ4n) is 5.04. The van der Waals surface area contributed by atoms with Crippen molar-refractivity contribution in [1.29, 1.82) is 0 Å². The topological polar surface area (TPSA) is 160 Å². The van der Waals surface area contributed by atoms with Crippen molar-refractivity contribution in [3.63, 3.8) is 0 Å². The summed E-state index contributed by atoms with van der Waals surface area (Å²) < 4.78 is 11.6. The summed E-state index contributed by atoms with van der Waals surface area (Å²) in [6, 6.07) is 9.89. The Kier molecular flexibility index (Phi) is 8.23. The van der Waals surface area contributed by atoms with Crippen LogP contribution in [0.1, 0.15) is 66.5 Å². The van der Waals surface area contributed by atoms with Crippen molar-refractivity contribution < 1.29 is 28.3 Å². The molecule has 1 saturated heterocycles. The third kappa shape index (κ3) is 6.54. The number of carbonyl (C=O) groups is 4. The van der Waals surface area contributed by atoms with Crippen molar-refractivity contribution >= 4 is 41.1 Å². The SMILES string of the molecule is CC(C)(C)Oc1cc(C(=O)CC(N)=O)ccc1C1=NC(c2cocn2)C(c2ccc(Cl)cc2)N1C(=O)N1CCNC(=O)C1. The third-order valence-electron chi connectivity index (χ3n) is 6.84. The van der Waals surface area contributed by atoms with Gasteiger partial charge in [-0.2, -0.15) is 0 Å². The molecule has 3 N–H and O–H groups in total. The number of amides is 4. The molecule has 2 aliphatic heterocycles. The number of hydrogen-bond acceptors (Lipinski definition) is 8. The highest BCUT2D eigenvalue weighted by Crippen LogP contribution is 2.45. The first-order chi connectivity index (χ1) is 20.4. The number of nitrogens with one attached hydrogen (secondary N) is 1. The maximum absolute atomic E-state index is 14.4. The number of ether oxygens (including phenoxy) is 1. The molecule has 2 unspecified atom stereocenters. The molecule has 2 aromatic carbocycles. The van der Waals surface area contributed by atoms with Crippen LogP contribution >= 0.6 is 11.6 Å². The van der Waals surface area contributed by atoms with E-state index in [1.54, 1.807) is 30.3 Å². The van der Waals surface area contributed by atoms with Gasteiger partial charge >= 0.3 is 6.03 Å². The van der Waals surface area contributed by atoms with E-state index < -0.39 is 41.8 Å². The molecule has 2 aliphatic rings. The zero-order valence-corrected chi connectivity index (χ0v) is 24.6. The molecule has 224 valence electrons. The zero-order valence-electron chi connectivity index (χ0n) is 23.9. The maximum Gasteiger partial charge on any atom is 0.326 e. The molecule has 0 radical (unpaired) electrons. The number of nitrogens with two attached hydrogens (primary N) is 1. The van der Waals surface area contributed by atoms with Gasteiger partial charge in [0.1, 0.15) is 41.7 Å². The smallest absolute Gasteiger partial charge is 0.326 e. The van der Waals surface area contributed by atoms with Crippen molar-refractivity contribution in [3.8, 4) is 5.75 Å². The van der Waals surface area contributed by atoms with Crippen LogP contribution in [0.2, 0.25) is 5.02 Å². The van der Waals surface area contributed by atoms with Crippen LogP contribution in [0.4, 0.5) is 4.79 Å². The quantitative estimate of drug-likeness (QED) is 0.306. The van der Waals surface area contributed by atoms with Gasteiger partial charge in [-0.15, -0.1) is 0 Å². The molecule has 0 spiro atoms. The number of piperazine rings is 1. The van der Waals surface area contributed by atoms with Crippen LogP contribution in [0.15, 0.2) is 64.5 Å². The summed E-state index contributed by atoms with van der Waals surface area (Å²) in [6.45, 7) is 6.00. The van der Waals surface area contributed by atoms with Gasteiger partial charge in [0.15, 0.2) is 12.2 Å². The predicted molar refractivity (Wildman–Crippen MR) is 157 cm³/mol. The number of ketones is 1. The zero-order chi connectivity index (χ0) is 30.9. The highest BCUT2D eigenvalue weighted by atomic mass is 35.5. The molecular weight excluding hydrogens is 576 g/mol. The molecule has 13 heteroatoms. The number of primary amides is 1. The molecule has 0 bridgehead atoms. The first-order valence-corrected chi connectivity index (χ1v) is 14.0. The van der Waals surface area contributed by atoms with Crippen molar-refractivity contribution in [2.75, 3.05) is 19.6 Å². The van der Waals surface area contributed by atoms with E-state index in [0.717, 1.165) is 5.56 Å². The fourth-order valence-corrected chi connectivity index (χ4v) is 5.17. The van der Waals surface area contributed by atoms with Crippen LogP contribution in [-0.4, -0.2) is 69.5 Å². The normalized spacial score (nSPS) is 18.7. The summed E-state index contributed by atoms with van der Waals surface area (Å²) in [5, 5.41) is 3.26. The Morgan fingerprint density at radius 1 is 1.16 bits per heavy atom. The lowest BCUT2D eigenvalue weighted by atomic mass is 9.97. The van der Waals surface area contributed by atoms with Gasteiger partial charge in [-0.1, -0.05) is 29.8 Å². The second kappa shape index (κ2) is 11.9. The summed E-state index contributed by atoms with van der Waals surface area (Å²) in [7, 11) is 0. The molecule has 5 rings (SSSR count). The highest BCUT2D eigenvalue weighted by Gasteiger charge is 2.46. The molecule has 43 heavy (non-hydrogen) atoms. The summed E-state index contributed by atoms with van der Waals surface area (Å²) in [6.07, 6.45) is 2.29. The maximum atomic E-state index is 14.4. The number of aliphatic imine (C=N–C) groups is 1. The number of benzene rings is 2. The van der Waals surface area contributed by atoms with Gasteiger partial charge in [0.2, 0.25) is 11.8 Å². The standard InChI is InChI=1S/C30H31ClN6O6/c1-30(2,3)43-23-12-18(22(38)13-24(32)39)6-9-20(23)28-35-26(21-15-42-16-34-21)27(17-4-7-19(31)8-5-17)37(28)29(41)36-11-10-33-25(40)14-36/h4-9,12,15-16,26-27H,10-11,13-14H2,1-3H3,(H2,32,39)(H,33,40). The van der Waals surface area contributed by atoms with E-state index in [0.29, 0.717) is 29.4 Å². The van der Waals surface area contributed by atoms with Gasteiger partial charge in [0.25, 0.3) is 0 Å². The molecular formula is C30H31ClN6O6. The number of hydrogen-bond donors (Lipinski definition) is 2. The second-order valence-corrected chi connectivity index (χ2v) is 11.7. The van der Waals surface area contributed by atoms with Gasteiger partial charge < -0.3 is 25.1 Å². The second-order valence-electron chi connectivity index (χ2n) is 11.2. The Bertz CT molecular complexity index is 1580. The van der Waals surface area contributed by atoms with Gasteiger partial charge in [-0.3, -0.25) is 24.3 Å². The van der Waals surface area contributed by atoms with E-state index in [9.17, 15) is 19.2 Å². The van der Waals surface area contributed by atoms with Crippen LogP contribution in [-0.2, 0) is 9.59 Å². The summed E-state index contributed by atoms with van der Waals surface area (Å²) in [5.41, 5.74) is 6.40. The van der Waals surface area contributed by atoms with Crippen molar-refractivity contribution in [3.05, 3.63) is 82.5 Å². The van der Waals surface area contributed by atoms with Crippen LogP contribution in [0, 0.1) is 0 Å². The largest absolute Gasteiger partial charge is 0.487 e. The number of halogens is 1. The highest BCUT2D eigenvalue weighted by molar-refractivity contribution is 6.30. The number of amidine groups is 1. The van der Waals surface area contributed by atoms with Crippen LogP contribution in [0.25, 0.3) is 0 Å². The van der Waals surface area contributed by atoms with E-state index in [-0.39, 0.29) is 29.6 Å². The first kappa shape index (κ1) is 29.8. The fraction of sp³-hybridized carbons (Fsp3) is 0.333. The lowest BCUT2D eigenvalue weighted by molar-refractivity contribution is -0.123. The van der Waals surface area contributed by atoms with Crippen LogP contribution in [0.5, 0.6) is 5.75 Å². The van der Waals surface area contributed by atoms with Gasteiger partial charge in [0, 0.05) is 23.7 Å². The molecule has 1 aromatic heterocycles. The van der Waals surface area contributed by atoms with E-state index in [4.69, 9.17) is 31.5 Å². The van der Waals surface area contributed by atoms with E-state index >= 15 is 0 Å². The molecule has 3 aromatic rings. The summed E-state index contributed by atoms with van der Waals surface area (Å²) >= 11 is 6.21. The summed E-state index contributed by atoms with van der Waals surface area (Å²) in [4.78, 5) is 63.2. The Labute approximate surface area is 252 Å². The first-order valence-electron chi connectivity index (χ1n) is 13.6. The minimum Gasteiger partial charge on any atom is -0.487 e. The lowest BCUT2D eigenvalue weighted by Crippen LogP contribution is -2.55. The van der Waals surface area contributed by atoms with Gasteiger partial charge in [-0.05, 0) is 50.6 Å². The monoisotopic (exact) mass is 606 g/mol. The molecule has 12 nitrogen and oxygen atoms in total. The van der Waals surface area contributed by atoms with Crippen LogP contribution in [0.3, 0.4) is 0 Å². The number of nitrogens with zero attached hydrogens (tertiary/aromatic N) is 4. The average Bonchev–Trinajstić information content (AvgIpc) is 3.60. The number of Topliss-reactive ketones (excluding diaryl/α,β-unsaturated/α-hetero) is 1. The number of rotatable bonds is 7. The van der Waals surface area contributed by atoms with Gasteiger partial charge in [-0.25, -0.2) is 9.78 Å². The van der Waals surface area contributed by atoms with Crippen molar-refractivity contribution in [1.82, 2.24) is 20.1 Å². The Morgan fingerprint density at radius 2 is 1.91 bits per heavy atom. The molecule has 2 atom stereocenters. The number of aromatic nitrogens is 1. The number of oxazole rings is 1. The Morgan fingerprint density at radius 3 is 2.53 bits per heavy atom. The third-order valence-corrected chi connectivity index (χ3v) is 7.10. The number of carbonyl (C=O) groups excluding carboxylic acids is 4. The number of urea groups is 1. The van der Waals surface area contributed by atoms with Crippen molar-refractivity contribution in [2.45, 2.75) is 44.9 Å². The minimum absolute atomic E-state index is 0.128. The van der Waals surface area contributed by atoms with Gasteiger partial charge in [0.05, 0.1) is 18.0 Å². The minimum atomic E-state index is -0.754. The Hall–Kier alpha value is -4.71. The lowest BCUT2D eigenvalue weighted by Gasteiger charge is -2.35. The molecule has 1 fully saturated rings. The average molecular weight is 607 g/mol. The van der Waals surface area contributed by atoms with E-state index in [2.05, 4.69) is 10.3 Å². The van der Waals surface area contributed by atoms with Crippen LogP contribution < -0.4 is 15.8 Å². The molecule has 0 aliphatic carbocycles. The summed E-state index contributed by atoms with van der Waals surface area (Å²) in [5.74, 6) is -0.986. The Balaban J connectivity index is 1.69. The van der Waals surface area contributed by atoms with E-state index in [1.807, 2.05) is 20.8 Å². The predicted octanol–water partition coefficient (Wildman–Crippen LogP) is 3.66. The molecule has 0 saturated carbocycles.